The minimum Gasteiger partial charge on any atom is -0.461 e. The molecule has 0 aromatic carbocycles. The number of esters is 1. The molecular formula is C9H10ClF2NO4S. The largest absolute Gasteiger partial charge is 0.461 e. The molecule has 0 aliphatic heterocycles. The standard InChI is InChI=1S/C9H10ClF2NO4S/c1-3-17-8(14)6-4-7(18(10,15)16)5(2)13(6)9(11)12/h4,9H,3H2,1-2H3. The highest BCUT2D eigenvalue weighted by molar-refractivity contribution is 8.13. The lowest BCUT2D eigenvalue weighted by Crippen LogP contribution is -2.13. The number of alkyl halides is 2. The van der Waals surface area contributed by atoms with Crippen LogP contribution < -0.4 is 0 Å². The first-order valence-corrected chi connectivity index (χ1v) is 7.12. The maximum absolute atomic E-state index is 12.8. The summed E-state index contributed by atoms with van der Waals surface area (Å²) < 4.78 is 52.8. The van der Waals surface area contributed by atoms with Crippen LogP contribution in [0.1, 0.15) is 29.7 Å². The lowest BCUT2D eigenvalue weighted by atomic mass is 10.4. The van der Waals surface area contributed by atoms with Crippen LogP contribution in [-0.2, 0) is 13.8 Å². The number of aromatic nitrogens is 1. The second-order valence-electron chi connectivity index (χ2n) is 3.29. The highest BCUT2D eigenvalue weighted by atomic mass is 35.7. The van der Waals surface area contributed by atoms with Crippen molar-refractivity contribution in [1.82, 2.24) is 4.57 Å². The molecular weight excluding hydrogens is 292 g/mol. The molecule has 0 atom stereocenters. The minimum atomic E-state index is -4.21. The number of carbonyl (C=O) groups is 1. The normalized spacial score (nSPS) is 11.9. The minimum absolute atomic E-state index is 0.0186. The SMILES string of the molecule is CCOC(=O)c1cc(S(=O)(=O)Cl)c(C)n1C(F)F. The summed E-state index contributed by atoms with van der Waals surface area (Å²) in [6.45, 7) is -0.462. The predicted octanol–water partition coefficient (Wildman–Crippen LogP) is 2.30. The van der Waals surface area contributed by atoms with Crippen LogP contribution in [0.3, 0.4) is 0 Å². The van der Waals surface area contributed by atoms with Crippen LogP contribution in [0.25, 0.3) is 0 Å². The molecule has 5 nitrogen and oxygen atoms in total. The van der Waals surface area contributed by atoms with Gasteiger partial charge in [-0.25, -0.2) is 13.2 Å². The summed E-state index contributed by atoms with van der Waals surface area (Å²) >= 11 is 0. The van der Waals surface area contributed by atoms with Crippen molar-refractivity contribution in [3.63, 3.8) is 0 Å². The second kappa shape index (κ2) is 5.23. The van der Waals surface area contributed by atoms with E-state index in [2.05, 4.69) is 4.74 Å². The zero-order valence-electron chi connectivity index (χ0n) is 9.48. The first-order valence-electron chi connectivity index (χ1n) is 4.81. The number of ether oxygens (including phenoxy) is 1. The lowest BCUT2D eigenvalue weighted by molar-refractivity contribution is 0.0406. The summed E-state index contributed by atoms with van der Waals surface area (Å²) in [7, 11) is 0.891. The molecule has 1 rings (SSSR count). The smallest absolute Gasteiger partial charge is 0.355 e. The molecule has 0 aliphatic rings. The zero-order chi connectivity index (χ0) is 14.1. The molecule has 0 saturated heterocycles. The highest BCUT2D eigenvalue weighted by Gasteiger charge is 2.28. The maximum atomic E-state index is 12.8. The molecule has 0 bridgehead atoms. The van der Waals surface area contributed by atoms with Crippen LogP contribution in [0.15, 0.2) is 11.0 Å². The van der Waals surface area contributed by atoms with E-state index in [4.69, 9.17) is 10.7 Å². The van der Waals surface area contributed by atoms with E-state index in [1.165, 1.54) is 6.92 Å². The van der Waals surface area contributed by atoms with E-state index in [9.17, 15) is 22.0 Å². The van der Waals surface area contributed by atoms with Crippen LogP contribution in [-0.4, -0.2) is 25.6 Å². The van der Waals surface area contributed by atoms with E-state index in [0.717, 1.165) is 13.0 Å². The Hall–Kier alpha value is -1.15. The van der Waals surface area contributed by atoms with Gasteiger partial charge >= 0.3 is 12.5 Å². The Morgan fingerprint density at radius 2 is 2.11 bits per heavy atom. The number of nitrogens with zero attached hydrogens (tertiary/aromatic N) is 1. The van der Waals surface area contributed by atoms with Gasteiger partial charge in [-0.2, -0.15) is 8.78 Å². The topological polar surface area (TPSA) is 65.4 Å². The number of rotatable bonds is 4. The fraction of sp³-hybridized carbons (Fsp3) is 0.444. The van der Waals surface area contributed by atoms with E-state index >= 15 is 0 Å². The van der Waals surface area contributed by atoms with Crippen molar-refractivity contribution in [3.05, 3.63) is 17.5 Å². The van der Waals surface area contributed by atoms with Gasteiger partial charge in [-0.3, -0.25) is 4.57 Å². The van der Waals surface area contributed by atoms with Gasteiger partial charge < -0.3 is 4.74 Å². The van der Waals surface area contributed by atoms with Crippen molar-refractivity contribution in [2.24, 2.45) is 0 Å². The van der Waals surface area contributed by atoms with Crippen molar-refractivity contribution in [3.8, 4) is 0 Å². The summed E-state index contributed by atoms with van der Waals surface area (Å²) in [5, 5.41) is 0. The van der Waals surface area contributed by atoms with Gasteiger partial charge in [-0.1, -0.05) is 0 Å². The summed E-state index contributed by atoms with van der Waals surface area (Å²) in [5.41, 5.74) is -0.869. The van der Waals surface area contributed by atoms with Crippen LogP contribution >= 0.6 is 10.7 Å². The van der Waals surface area contributed by atoms with E-state index in [-0.39, 0.29) is 16.9 Å². The molecule has 0 N–H and O–H groups in total. The van der Waals surface area contributed by atoms with Crippen molar-refractivity contribution in [1.29, 1.82) is 0 Å². The molecule has 1 aromatic heterocycles. The Morgan fingerprint density at radius 3 is 2.50 bits per heavy atom. The van der Waals surface area contributed by atoms with E-state index in [0.29, 0.717) is 0 Å². The van der Waals surface area contributed by atoms with Crippen LogP contribution in [0, 0.1) is 6.92 Å². The van der Waals surface area contributed by atoms with E-state index < -0.39 is 32.2 Å². The molecule has 0 radical (unpaired) electrons. The number of carbonyl (C=O) groups excluding carboxylic acids is 1. The molecule has 1 aromatic rings. The molecule has 1 heterocycles. The average molecular weight is 302 g/mol. The van der Waals surface area contributed by atoms with E-state index in [1.807, 2.05) is 0 Å². The first-order chi connectivity index (χ1) is 8.20. The van der Waals surface area contributed by atoms with Crippen LogP contribution in [0.4, 0.5) is 8.78 Å². The van der Waals surface area contributed by atoms with Gasteiger partial charge in [-0.15, -0.1) is 0 Å². The van der Waals surface area contributed by atoms with Gasteiger partial charge in [0.25, 0.3) is 9.05 Å². The van der Waals surface area contributed by atoms with Gasteiger partial charge in [-0.05, 0) is 19.9 Å². The Balaban J connectivity index is 3.48. The Bertz CT molecular complexity index is 567. The van der Waals surface area contributed by atoms with Gasteiger partial charge in [0.15, 0.2) is 0 Å². The quantitative estimate of drug-likeness (QED) is 0.632. The highest BCUT2D eigenvalue weighted by Crippen LogP contribution is 2.28. The Labute approximate surface area is 107 Å². The number of halogens is 3. The monoisotopic (exact) mass is 301 g/mol. The van der Waals surface area contributed by atoms with Crippen molar-refractivity contribution in [2.45, 2.75) is 25.3 Å². The van der Waals surface area contributed by atoms with Crippen molar-refractivity contribution >= 4 is 25.7 Å². The fourth-order valence-electron chi connectivity index (χ4n) is 1.46. The summed E-state index contributed by atoms with van der Waals surface area (Å²) in [6, 6.07) is 0.780. The fourth-order valence-corrected chi connectivity index (χ4v) is 2.63. The zero-order valence-corrected chi connectivity index (χ0v) is 11.1. The van der Waals surface area contributed by atoms with E-state index in [1.54, 1.807) is 0 Å². The van der Waals surface area contributed by atoms with Gasteiger partial charge in [0, 0.05) is 16.4 Å². The molecule has 0 aliphatic carbocycles. The van der Waals surface area contributed by atoms with Crippen molar-refractivity contribution in [2.75, 3.05) is 6.61 Å². The maximum Gasteiger partial charge on any atom is 0.355 e. The predicted molar refractivity (Wildman–Crippen MR) is 59.4 cm³/mol. The van der Waals surface area contributed by atoms with Gasteiger partial charge in [0.05, 0.1) is 6.61 Å². The summed E-state index contributed by atoms with van der Waals surface area (Å²) in [5.74, 6) is -1.03. The molecule has 0 unspecified atom stereocenters. The second-order valence-corrected chi connectivity index (χ2v) is 5.82. The average Bonchev–Trinajstić information content (AvgIpc) is 2.55. The first kappa shape index (κ1) is 14.9. The molecule has 9 heteroatoms. The Kier molecular flexibility index (Phi) is 4.33. The third-order valence-corrected chi connectivity index (χ3v) is 3.63. The number of hydrogen-bond donors (Lipinski definition) is 0. The van der Waals surface area contributed by atoms with Crippen LogP contribution in [0.2, 0.25) is 0 Å². The summed E-state index contributed by atoms with van der Waals surface area (Å²) in [6.07, 6.45) is 0. The third kappa shape index (κ3) is 2.81. The van der Waals surface area contributed by atoms with Gasteiger partial charge in [0.2, 0.25) is 0 Å². The molecule has 18 heavy (non-hydrogen) atoms. The lowest BCUT2D eigenvalue weighted by Gasteiger charge is -2.09. The third-order valence-electron chi connectivity index (χ3n) is 2.19. The number of hydrogen-bond acceptors (Lipinski definition) is 4. The molecule has 102 valence electrons. The molecule has 0 fully saturated rings. The Morgan fingerprint density at radius 1 is 1.56 bits per heavy atom. The van der Waals surface area contributed by atoms with Crippen molar-refractivity contribution < 1.29 is 26.7 Å². The molecule has 0 saturated carbocycles. The molecule has 0 amide bonds. The summed E-state index contributed by atoms with van der Waals surface area (Å²) in [4.78, 5) is 10.9. The van der Waals surface area contributed by atoms with Crippen LogP contribution in [0.5, 0.6) is 0 Å². The molecule has 0 spiro atoms. The van der Waals surface area contributed by atoms with Gasteiger partial charge in [0.1, 0.15) is 10.6 Å².